The van der Waals surface area contributed by atoms with Crippen LogP contribution in [0.15, 0.2) is 47.6 Å². The van der Waals surface area contributed by atoms with Crippen LogP contribution < -0.4 is 4.74 Å². The molecule has 0 saturated carbocycles. The quantitative estimate of drug-likeness (QED) is 0.567. The second kappa shape index (κ2) is 11.4. The highest BCUT2D eigenvalue weighted by Crippen LogP contribution is 2.21. The number of methoxy groups -OCH3 is 1. The largest absolute Gasteiger partial charge is 0.497 e. The van der Waals surface area contributed by atoms with E-state index in [9.17, 15) is 13.9 Å². The highest BCUT2D eigenvalue weighted by Gasteiger charge is 2.26. The topological polar surface area (TPSA) is 63.5 Å². The fourth-order valence-corrected chi connectivity index (χ4v) is 3.52. The van der Waals surface area contributed by atoms with Gasteiger partial charge >= 0.3 is 0 Å². The number of halogens is 2. The Morgan fingerprint density at radius 2 is 1.94 bits per heavy atom. The molecule has 0 spiro atoms. The van der Waals surface area contributed by atoms with E-state index < -0.39 is 17.7 Å². The summed E-state index contributed by atoms with van der Waals surface area (Å²) in [6, 6.07) is 11.1. The van der Waals surface area contributed by atoms with Crippen molar-refractivity contribution in [3.05, 3.63) is 65.2 Å². The lowest BCUT2D eigenvalue weighted by atomic mass is 10.0. The van der Waals surface area contributed by atoms with E-state index in [2.05, 4.69) is 5.16 Å². The molecule has 6 nitrogen and oxygen atoms in total. The lowest BCUT2D eigenvalue weighted by Gasteiger charge is -2.27. The van der Waals surface area contributed by atoms with Crippen LogP contribution in [0, 0.1) is 11.6 Å². The Morgan fingerprint density at radius 1 is 1.19 bits per heavy atom. The maximum absolute atomic E-state index is 14.2. The van der Waals surface area contributed by atoms with Crippen LogP contribution in [-0.4, -0.2) is 60.8 Å². The Labute approximate surface area is 187 Å². The predicted molar refractivity (Wildman–Crippen MR) is 118 cm³/mol. The normalized spacial score (nSPS) is 16.9. The van der Waals surface area contributed by atoms with Gasteiger partial charge in [-0.2, -0.15) is 0 Å². The van der Waals surface area contributed by atoms with E-state index >= 15 is 0 Å². The van der Waals surface area contributed by atoms with Gasteiger partial charge in [0, 0.05) is 37.7 Å². The smallest absolute Gasteiger partial charge is 0.145 e. The molecule has 3 rings (SSSR count). The van der Waals surface area contributed by atoms with Crippen LogP contribution in [-0.2, 0) is 16.1 Å². The Bertz CT molecular complexity index is 905. The average molecular weight is 449 g/mol. The van der Waals surface area contributed by atoms with Gasteiger partial charge in [-0.05, 0) is 49.7 Å². The summed E-state index contributed by atoms with van der Waals surface area (Å²) in [6.45, 7) is 4.81. The third-order valence-corrected chi connectivity index (χ3v) is 5.12. The van der Waals surface area contributed by atoms with Gasteiger partial charge in [0.25, 0.3) is 0 Å². The highest BCUT2D eigenvalue weighted by molar-refractivity contribution is 6.01. The molecule has 2 aromatic rings. The molecule has 0 fully saturated rings. The van der Waals surface area contributed by atoms with Gasteiger partial charge in [0.1, 0.15) is 23.5 Å². The van der Waals surface area contributed by atoms with E-state index in [-0.39, 0.29) is 31.9 Å². The van der Waals surface area contributed by atoms with Gasteiger partial charge in [-0.15, -0.1) is 0 Å². The lowest BCUT2D eigenvalue weighted by molar-refractivity contribution is -0.0196. The zero-order valence-electron chi connectivity index (χ0n) is 18.6. The van der Waals surface area contributed by atoms with Gasteiger partial charge in [-0.3, -0.25) is 4.90 Å². The summed E-state index contributed by atoms with van der Waals surface area (Å²) in [7, 11) is 1.61. The molecule has 8 heteroatoms. The molecule has 0 unspecified atom stereocenters. The Morgan fingerprint density at radius 3 is 2.59 bits per heavy atom. The van der Waals surface area contributed by atoms with E-state index in [1.807, 2.05) is 43.0 Å². The first kappa shape index (κ1) is 24.1. The Balaban J connectivity index is 1.64. The minimum Gasteiger partial charge on any atom is -0.497 e. The predicted octanol–water partition coefficient (Wildman–Crippen LogP) is 3.75. The molecular weight excluding hydrogens is 418 g/mol. The molecule has 1 heterocycles. The van der Waals surface area contributed by atoms with E-state index in [0.717, 1.165) is 23.1 Å². The van der Waals surface area contributed by atoms with Crippen molar-refractivity contribution >= 4 is 5.71 Å². The summed E-state index contributed by atoms with van der Waals surface area (Å²) in [5.41, 5.74) is 2.10. The molecule has 0 bridgehead atoms. The van der Waals surface area contributed by atoms with Gasteiger partial charge in [0.15, 0.2) is 0 Å². The Hall–Kier alpha value is -2.55. The summed E-state index contributed by atoms with van der Waals surface area (Å²) in [5.74, 6) is -0.486. The summed E-state index contributed by atoms with van der Waals surface area (Å²) in [4.78, 5) is 7.50. The number of nitrogens with zero attached hydrogens (tertiary/aromatic N) is 2. The third-order valence-electron chi connectivity index (χ3n) is 5.12. The minimum absolute atomic E-state index is 0.00809. The molecular formula is C24H30F2N2O4. The first-order chi connectivity index (χ1) is 15.3. The van der Waals surface area contributed by atoms with Gasteiger partial charge in [-0.25, -0.2) is 8.78 Å². The number of benzene rings is 2. The van der Waals surface area contributed by atoms with Crippen molar-refractivity contribution in [3.8, 4) is 5.75 Å². The number of rotatable bonds is 11. The fourth-order valence-electron chi connectivity index (χ4n) is 3.52. The Kier molecular flexibility index (Phi) is 8.55. The average Bonchev–Trinajstić information content (AvgIpc) is 3.22. The van der Waals surface area contributed by atoms with Crippen LogP contribution in [0.3, 0.4) is 0 Å². The number of aliphatic hydroxyl groups is 1. The molecule has 0 amide bonds. The van der Waals surface area contributed by atoms with Crippen molar-refractivity contribution < 1.29 is 28.2 Å². The monoisotopic (exact) mass is 448 g/mol. The third kappa shape index (κ3) is 6.98. The molecule has 0 radical (unpaired) electrons. The zero-order chi connectivity index (χ0) is 23.1. The zero-order valence-corrected chi connectivity index (χ0v) is 18.6. The van der Waals surface area contributed by atoms with Crippen LogP contribution in [0.2, 0.25) is 0 Å². The number of hydrogen-bond acceptors (Lipinski definition) is 6. The first-order valence-corrected chi connectivity index (χ1v) is 10.7. The first-order valence-electron chi connectivity index (χ1n) is 10.7. The van der Waals surface area contributed by atoms with Gasteiger partial charge in [0.2, 0.25) is 0 Å². The summed E-state index contributed by atoms with van der Waals surface area (Å²) < 4.78 is 38.2. The second-order valence-electron chi connectivity index (χ2n) is 8.16. The SMILES string of the molecule is COc1ccc(C2=NO[C@H](CN(Cc3ccc(F)cc3F)C[C@@H](O)COC(C)C)C2)cc1. The number of ether oxygens (including phenoxy) is 2. The van der Waals surface area contributed by atoms with E-state index in [4.69, 9.17) is 14.3 Å². The molecule has 1 aliphatic heterocycles. The lowest BCUT2D eigenvalue weighted by Crippen LogP contribution is -2.39. The molecule has 1 aliphatic rings. The molecule has 1 N–H and O–H groups in total. The van der Waals surface area contributed by atoms with Crippen LogP contribution in [0.1, 0.15) is 31.4 Å². The van der Waals surface area contributed by atoms with Gasteiger partial charge < -0.3 is 19.4 Å². The fraction of sp³-hybridized carbons (Fsp3) is 0.458. The molecule has 0 aromatic heterocycles. The minimum atomic E-state index is -0.760. The molecule has 174 valence electrons. The van der Waals surface area contributed by atoms with Crippen molar-refractivity contribution in [2.75, 3.05) is 26.8 Å². The number of aliphatic hydroxyl groups excluding tert-OH is 1. The maximum Gasteiger partial charge on any atom is 0.145 e. The molecule has 2 aromatic carbocycles. The number of oxime groups is 1. The van der Waals surface area contributed by atoms with Crippen molar-refractivity contribution in [1.82, 2.24) is 4.90 Å². The molecule has 0 aliphatic carbocycles. The van der Waals surface area contributed by atoms with Crippen LogP contribution in [0.25, 0.3) is 0 Å². The second-order valence-corrected chi connectivity index (χ2v) is 8.16. The van der Waals surface area contributed by atoms with Crippen molar-refractivity contribution in [1.29, 1.82) is 0 Å². The van der Waals surface area contributed by atoms with Crippen LogP contribution in [0.5, 0.6) is 5.75 Å². The summed E-state index contributed by atoms with van der Waals surface area (Å²) in [5, 5.41) is 14.6. The van der Waals surface area contributed by atoms with Gasteiger partial charge in [0.05, 0.1) is 31.6 Å². The van der Waals surface area contributed by atoms with E-state index in [0.29, 0.717) is 18.5 Å². The molecule has 2 atom stereocenters. The standard InChI is InChI=1S/C24H30F2N2O4/c1-16(2)31-15-20(29)13-28(12-18-4-7-19(25)10-23(18)26)14-22-11-24(27-32-22)17-5-8-21(30-3)9-6-17/h4-10,16,20,22,29H,11-15H2,1-3H3/t20-,22+/m1/s1. The summed E-state index contributed by atoms with van der Waals surface area (Å²) >= 11 is 0. The van der Waals surface area contributed by atoms with Crippen LogP contribution in [0.4, 0.5) is 8.78 Å². The van der Waals surface area contributed by atoms with E-state index in [1.54, 1.807) is 7.11 Å². The van der Waals surface area contributed by atoms with Gasteiger partial charge in [-0.1, -0.05) is 11.2 Å². The van der Waals surface area contributed by atoms with Crippen LogP contribution >= 0.6 is 0 Å². The van der Waals surface area contributed by atoms with Crippen molar-refractivity contribution in [2.24, 2.45) is 5.16 Å². The van der Waals surface area contributed by atoms with E-state index in [1.165, 1.54) is 12.1 Å². The summed E-state index contributed by atoms with van der Waals surface area (Å²) in [6.07, 6.45) is -0.447. The molecule has 0 saturated heterocycles. The number of hydrogen-bond donors (Lipinski definition) is 1. The van der Waals surface area contributed by atoms with Crippen molar-refractivity contribution in [2.45, 2.75) is 45.1 Å². The molecule has 32 heavy (non-hydrogen) atoms. The van der Waals surface area contributed by atoms with Crippen molar-refractivity contribution in [3.63, 3.8) is 0 Å². The highest BCUT2D eigenvalue weighted by atomic mass is 19.1. The maximum atomic E-state index is 14.2.